The van der Waals surface area contributed by atoms with Crippen molar-refractivity contribution in [2.45, 2.75) is 12.5 Å². The third-order valence-electron chi connectivity index (χ3n) is 2.72. The molecule has 1 fully saturated rings. The molecule has 16 heavy (non-hydrogen) atoms. The number of nitriles is 1. The molecule has 1 atom stereocenters. The van der Waals surface area contributed by atoms with E-state index < -0.39 is 0 Å². The normalized spacial score (nSPS) is 20.0. The summed E-state index contributed by atoms with van der Waals surface area (Å²) in [5.41, 5.74) is 0. The van der Waals surface area contributed by atoms with E-state index >= 15 is 0 Å². The molecule has 2 heterocycles. The summed E-state index contributed by atoms with van der Waals surface area (Å²) in [7, 11) is 0. The predicted octanol–water partition coefficient (Wildman–Crippen LogP) is 2.37. The van der Waals surface area contributed by atoms with Crippen molar-refractivity contribution >= 4 is 27.3 Å². The Labute approximate surface area is 108 Å². The first-order valence-electron chi connectivity index (χ1n) is 5.39. The fraction of sp³-hybridized carbons (Fsp3) is 0.545. The maximum atomic E-state index is 9.31. The van der Waals surface area contributed by atoms with Gasteiger partial charge in [-0.15, -0.1) is 11.3 Å². The summed E-state index contributed by atoms with van der Waals surface area (Å²) < 4.78 is 1.07. The Kier molecular flexibility index (Phi) is 4.36. The van der Waals surface area contributed by atoms with E-state index in [4.69, 9.17) is 0 Å². The Balaban J connectivity index is 2.12. The maximum absolute atomic E-state index is 9.31. The molecule has 0 radical (unpaired) electrons. The van der Waals surface area contributed by atoms with Gasteiger partial charge in [-0.05, 0) is 35.0 Å². The van der Waals surface area contributed by atoms with Crippen molar-refractivity contribution in [3.63, 3.8) is 0 Å². The van der Waals surface area contributed by atoms with Crippen LogP contribution in [-0.2, 0) is 0 Å². The molecule has 1 N–H and O–H groups in total. The molecule has 0 bridgehead atoms. The van der Waals surface area contributed by atoms with Crippen LogP contribution in [0.1, 0.15) is 17.3 Å². The zero-order valence-corrected chi connectivity index (χ0v) is 11.4. The van der Waals surface area contributed by atoms with Gasteiger partial charge in [-0.25, -0.2) is 0 Å². The highest BCUT2D eigenvalue weighted by Crippen LogP contribution is 2.29. The van der Waals surface area contributed by atoms with Gasteiger partial charge in [0.15, 0.2) is 0 Å². The Morgan fingerprint density at radius 3 is 3.06 bits per heavy atom. The molecule has 86 valence electrons. The monoisotopic (exact) mass is 299 g/mol. The van der Waals surface area contributed by atoms with Crippen LogP contribution in [0.4, 0.5) is 0 Å². The molecular weight excluding hydrogens is 286 g/mol. The average molecular weight is 300 g/mol. The smallest absolute Gasteiger partial charge is 0.133 e. The van der Waals surface area contributed by atoms with Gasteiger partial charge in [-0.1, -0.05) is 0 Å². The van der Waals surface area contributed by atoms with Crippen molar-refractivity contribution in [3.8, 4) is 6.07 Å². The minimum atomic E-state index is -0.0869. The van der Waals surface area contributed by atoms with Gasteiger partial charge in [0.1, 0.15) is 6.04 Å². The second-order valence-corrected chi connectivity index (χ2v) is 5.70. The van der Waals surface area contributed by atoms with Gasteiger partial charge in [0, 0.05) is 34.4 Å². The third kappa shape index (κ3) is 2.83. The van der Waals surface area contributed by atoms with Crippen molar-refractivity contribution < 1.29 is 0 Å². The molecule has 0 amide bonds. The second-order valence-electron chi connectivity index (χ2n) is 3.84. The molecule has 0 saturated carbocycles. The molecule has 5 heteroatoms. The fourth-order valence-electron chi connectivity index (χ4n) is 1.92. The summed E-state index contributed by atoms with van der Waals surface area (Å²) >= 11 is 5.09. The van der Waals surface area contributed by atoms with Crippen LogP contribution >= 0.6 is 27.3 Å². The van der Waals surface area contributed by atoms with E-state index in [0.29, 0.717) is 0 Å². The minimum Gasteiger partial charge on any atom is -0.315 e. The Bertz CT molecular complexity index is 377. The van der Waals surface area contributed by atoms with E-state index in [0.717, 1.165) is 41.9 Å². The van der Waals surface area contributed by atoms with Gasteiger partial charge >= 0.3 is 0 Å². The van der Waals surface area contributed by atoms with Crippen LogP contribution in [-0.4, -0.2) is 31.1 Å². The van der Waals surface area contributed by atoms with Gasteiger partial charge in [0.25, 0.3) is 0 Å². The zero-order chi connectivity index (χ0) is 11.4. The van der Waals surface area contributed by atoms with Crippen molar-refractivity contribution in [1.29, 1.82) is 5.26 Å². The Morgan fingerprint density at radius 2 is 2.38 bits per heavy atom. The Hall–Kier alpha value is -0.410. The van der Waals surface area contributed by atoms with Crippen LogP contribution in [0, 0.1) is 11.3 Å². The SMILES string of the molecule is N#CC(c1cc(Br)cs1)N1CCCNCC1. The summed E-state index contributed by atoms with van der Waals surface area (Å²) in [6, 6.07) is 4.38. The van der Waals surface area contributed by atoms with Crippen LogP contribution < -0.4 is 5.32 Å². The molecule has 1 aliphatic heterocycles. The highest BCUT2D eigenvalue weighted by atomic mass is 79.9. The fourth-order valence-corrected chi connectivity index (χ4v) is 3.44. The van der Waals surface area contributed by atoms with Crippen LogP contribution in [0.15, 0.2) is 15.9 Å². The Morgan fingerprint density at radius 1 is 1.50 bits per heavy atom. The number of nitrogens with one attached hydrogen (secondary N) is 1. The highest BCUT2D eigenvalue weighted by molar-refractivity contribution is 9.10. The first-order valence-corrected chi connectivity index (χ1v) is 7.07. The van der Waals surface area contributed by atoms with Crippen LogP contribution in [0.25, 0.3) is 0 Å². The standard InChI is InChI=1S/C11H14BrN3S/c12-9-6-11(16-8-9)10(7-13)15-4-1-2-14-3-5-15/h6,8,10,14H,1-5H2. The molecule has 3 nitrogen and oxygen atoms in total. The summed E-state index contributed by atoms with van der Waals surface area (Å²) in [6.45, 7) is 3.99. The van der Waals surface area contributed by atoms with E-state index in [9.17, 15) is 5.26 Å². The summed E-state index contributed by atoms with van der Waals surface area (Å²) in [5.74, 6) is 0. The molecule has 1 unspecified atom stereocenters. The van der Waals surface area contributed by atoms with Crippen LogP contribution in [0.2, 0.25) is 0 Å². The second kappa shape index (κ2) is 5.78. The minimum absolute atomic E-state index is 0.0869. The van der Waals surface area contributed by atoms with E-state index in [1.807, 2.05) is 5.38 Å². The van der Waals surface area contributed by atoms with Crippen molar-refractivity contribution in [2.75, 3.05) is 26.2 Å². The number of nitrogens with zero attached hydrogens (tertiary/aromatic N) is 2. The maximum Gasteiger partial charge on any atom is 0.133 e. The predicted molar refractivity (Wildman–Crippen MR) is 69.4 cm³/mol. The van der Waals surface area contributed by atoms with Gasteiger partial charge in [0.2, 0.25) is 0 Å². The summed E-state index contributed by atoms with van der Waals surface area (Å²) in [4.78, 5) is 3.40. The quantitative estimate of drug-likeness (QED) is 0.911. The highest BCUT2D eigenvalue weighted by Gasteiger charge is 2.22. The molecule has 2 rings (SSSR count). The molecule has 1 aromatic rings. The number of hydrogen-bond donors (Lipinski definition) is 1. The number of halogens is 1. The zero-order valence-electron chi connectivity index (χ0n) is 8.95. The number of hydrogen-bond acceptors (Lipinski definition) is 4. The topological polar surface area (TPSA) is 39.1 Å². The molecule has 0 spiro atoms. The van der Waals surface area contributed by atoms with Gasteiger partial charge in [-0.3, -0.25) is 4.90 Å². The average Bonchev–Trinajstić information content (AvgIpc) is 2.55. The van der Waals surface area contributed by atoms with Gasteiger partial charge < -0.3 is 5.32 Å². The number of rotatable bonds is 2. The summed E-state index contributed by atoms with van der Waals surface area (Å²) in [6.07, 6.45) is 1.12. The molecular formula is C11H14BrN3S. The third-order valence-corrected chi connectivity index (χ3v) is 4.47. The molecule has 0 aliphatic carbocycles. The summed E-state index contributed by atoms with van der Waals surface area (Å²) in [5, 5.41) is 14.7. The lowest BCUT2D eigenvalue weighted by Crippen LogP contribution is -2.31. The molecule has 1 aromatic heterocycles. The van der Waals surface area contributed by atoms with Crippen molar-refractivity contribution in [1.82, 2.24) is 10.2 Å². The largest absolute Gasteiger partial charge is 0.315 e. The molecule has 1 aliphatic rings. The van der Waals surface area contributed by atoms with Crippen LogP contribution in [0.3, 0.4) is 0 Å². The number of thiophene rings is 1. The van der Waals surface area contributed by atoms with Gasteiger partial charge in [0.05, 0.1) is 6.07 Å². The lowest BCUT2D eigenvalue weighted by atomic mass is 10.2. The molecule has 1 saturated heterocycles. The lowest BCUT2D eigenvalue weighted by Gasteiger charge is -2.23. The van der Waals surface area contributed by atoms with E-state index in [1.54, 1.807) is 11.3 Å². The van der Waals surface area contributed by atoms with Crippen LogP contribution in [0.5, 0.6) is 0 Å². The first kappa shape index (κ1) is 12.1. The van der Waals surface area contributed by atoms with E-state index in [1.165, 1.54) is 0 Å². The van der Waals surface area contributed by atoms with Crippen molar-refractivity contribution in [2.24, 2.45) is 0 Å². The first-order chi connectivity index (χ1) is 7.81. The molecule has 0 aromatic carbocycles. The lowest BCUT2D eigenvalue weighted by molar-refractivity contribution is 0.255. The van der Waals surface area contributed by atoms with Crippen molar-refractivity contribution in [3.05, 3.63) is 20.8 Å². The van der Waals surface area contributed by atoms with E-state index in [2.05, 4.69) is 38.3 Å². The van der Waals surface area contributed by atoms with E-state index in [-0.39, 0.29) is 6.04 Å². The van der Waals surface area contributed by atoms with Gasteiger partial charge in [-0.2, -0.15) is 5.26 Å².